The minimum Gasteiger partial charge on any atom is -0.496 e. The molecule has 0 spiro atoms. The van der Waals surface area contributed by atoms with Gasteiger partial charge in [-0.15, -0.1) is 0 Å². The van der Waals surface area contributed by atoms with Crippen LogP contribution in [0.2, 0.25) is 0 Å². The monoisotopic (exact) mass is 271 g/mol. The molecule has 2 N–H and O–H groups in total. The molecule has 1 atom stereocenters. The van der Waals surface area contributed by atoms with E-state index < -0.39 is 6.10 Å². The van der Waals surface area contributed by atoms with Crippen LogP contribution in [0.3, 0.4) is 0 Å². The van der Waals surface area contributed by atoms with E-state index in [0.29, 0.717) is 6.54 Å². The van der Waals surface area contributed by atoms with E-state index in [1.807, 2.05) is 56.3 Å². The molecule has 3 heteroatoms. The van der Waals surface area contributed by atoms with Gasteiger partial charge in [0.05, 0.1) is 13.2 Å². The Kier molecular flexibility index (Phi) is 4.64. The molecule has 0 amide bonds. The fourth-order valence-electron chi connectivity index (χ4n) is 2.13. The summed E-state index contributed by atoms with van der Waals surface area (Å²) in [6, 6.07) is 13.8. The van der Waals surface area contributed by atoms with Crippen LogP contribution in [0, 0.1) is 13.8 Å². The maximum atomic E-state index is 10.4. The first kappa shape index (κ1) is 14.4. The summed E-state index contributed by atoms with van der Waals surface area (Å²) in [5.74, 6) is 0.732. The van der Waals surface area contributed by atoms with Gasteiger partial charge in [-0.3, -0.25) is 0 Å². The van der Waals surface area contributed by atoms with Crippen molar-refractivity contribution >= 4 is 5.69 Å². The van der Waals surface area contributed by atoms with Gasteiger partial charge in [0.2, 0.25) is 0 Å². The molecule has 0 radical (unpaired) electrons. The van der Waals surface area contributed by atoms with E-state index >= 15 is 0 Å². The van der Waals surface area contributed by atoms with E-state index in [1.165, 1.54) is 0 Å². The van der Waals surface area contributed by atoms with Gasteiger partial charge in [0.25, 0.3) is 0 Å². The van der Waals surface area contributed by atoms with Crippen LogP contribution in [-0.2, 0) is 0 Å². The van der Waals surface area contributed by atoms with Crippen molar-refractivity contribution in [3.8, 4) is 5.75 Å². The summed E-state index contributed by atoms with van der Waals surface area (Å²) in [6.07, 6.45) is -0.607. The topological polar surface area (TPSA) is 41.5 Å². The number of ether oxygens (including phenoxy) is 1. The zero-order valence-corrected chi connectivity index (χ0v) is 12.2. The second-order valence-corrected chi connectivity index (χ2v) is 4.94. The Balaban J connectivity index is 2.12. The van der Waals surface area contributed by atoms with Crippen molar-refractivity contribution in [2.45, 2.75) is 20.0 Å². The average molecular weight is 271 g/mol. The number of aliphatic hydroxyl groups is 1. The molecule has 2 aromatic carbocycles. The lowest BCUT2D eigenvalue weighted by molar-refractivity contribution is 0.187. The van der Waals surface area contributed by atoms with Gasteiger partial charge < -0.3 is 15.2 Å². The number of benzene rings is 2. The first-order chi connectivity index (χ1) is 9.61. The SMILES string of the molecule is COc1cc(C)c(C)cc1C(O)CNc1ccccc1. The summed E-state index contributed by atoms with van der Waals surface area (Å²) in [4.78, 5) is 0. The molecule has 0 aliphatic rings. The molecule has 106 valence electrons. The molecule has 0 aliphatic heterocycles. The van der Waals surface area contributed by atoms with Crippen molar-refractivity contribution in [2.24, 2.45) is 0 Å². The van der Waals surface area contributed by atoms with E-state index in [4.69, 9.17) is 4.74 Å². The fourth-order valence-corrected chi connectivity index (χ4v) is 2.13. The maximum Gasteiger partial charge on any atom is 0.125 e. The Labute approximate surface area is 120 Å². The summed E-state index contributed by atoms with van der Waals surface area (Å²) in [7, 11) is 1.63. The molecule has 1 unspecified atom stereocenters. The quantitative estimate of drug-likeness (QED) is 0.875. The lowest BCUT2D eigenvalue weighted by Crippen LogP contribution is -2.13. The second-order valence-electron chi connectivity index (χ2n) is 4.94. The Morgan fingerprint density at radius 1 is 1.10 bits per heavy atom. The minimum absolute atomic E-state index is 0.447. The normalized spacial score (nSPS) is 12.0. The summed E-state index contributed by atoms with van der Waals surface area (Å²) >= 11 is 0. The minimum atomic E-state index is -0.607. The van der Waals surface area contributed by atoms with Crippen molar-refractivity contribution in [2.75, 3.05) is 19.0 Å². The number of anilines is 1. The number of aryl methyl sites for hydroxylation is 2. The molecule has 20 heavy (non-hydrogen) atoms. The van der Waals surface area contributed by atoms with Gasteiger partial charge in [-0.25, -0.2) is 0 Å². The predicted molar refractivity (Wildman–Crippen MR) is 82.4 cm³/mol. The predicted octanol–water partition coefficient (Wildman–Crippen LogP) is 3.46. The number of para-hydroxylation sites is 1. The zero-order chi connectivity index (χ0) is 14.5. The fraction of sp³-hybridized carbons (Fsp3) is 0.294. The van der Waals surface area contributed by atoms with Crippen LogP contribution in [0.4, 0.5) is 5.69 Å². The standard InChI is InChI=1S/C17H21NO2/c1-12-9-15(17(20-3)10-13(12)2)16(19)11-18-14-7-5-4-6-8-14/h4-10,16,18-19H,11H2,1-3H3. The third-order valence-corrected chi connectivity index (χ3v) is 3.48. The number of hydrogen-bond acceptors (Lipinski definition) is 3. The molecule has 0 aromatic heterocycles. The number of methoxy groups -OCH3 is 1. The molecule has 0 heterocycles. The average Bonchev–Trinajstić information content (AvgIpc) is 2.48. The van der Waals surface area contributed by atoms with Crippen LogP contribution in [0.15, 0.2) is 42.5 Å². The van der Waals surface area contributed by atoms with E-state index in [1.54, 1.807) is 7.11 Å². The van der Waals surface area contributed by atoms with E-state index in [0.717, 1.165) is 28.1 Å². The second kappa shape index (κ2) is 6.44. The molecule has 0 fully saturated rings. The number of aliphatic hydroxyl groups excluding tert-OH is 1. The highest BCUT2D eigenvalue weighted by atomic mass is 16.5. The summed E-state index contributed by atoms with van der Waals surface area (Å²) < 4.78 is 5.37. The van der Waals surface area contributed by atoms with Gasteiger partial charge in [0, 0.05) is 17.8 Å². The molecule has 0 aliphatic carbocycles. The van der Waals surface area contributed by atoms with Gasteiger partial charge in [-0.1, -0.05) is 18.2 Å². The molecule has 3 nitrogen and oxygen atoms in total. The van der Waals surface area contributed by atoms with Gasteiger partial charge >= 0.3 is 0 Å². The van der Waals surface area contributed by atoms with Crippen LogP contribution >= 0.6 is 0 Å². The summed E-state index contributed by atoms with van der Waals surface area (Å²) in [5.41, 5.74) is 4.13. The smallest absolute Gasteiger partial charge is 0.125 e. The Morgan fingerprint density at radius 3 is 2.40 bits per heavy atom. The van der Waals surface area contributed by atoms with Crippen molar-refractivity contribution in [3.63, 3.8) is 0 Å². The Bertz CT molecular complexity index is 567. The largest absolute Gasteiger partial charge is 0.496 e. The van der Waals surface area contributed by atoms with Crippen molar-refractivity contribution in [1.29, 1.82) is 0 Å². The van der Waals surface area contributed by atoms with Crippen molar-refractivity contribution < 1.29 is 9.84 Å². The molecule has 2 rings (SSSR count). The zero-order valence-electron chi connectivity index (χ0n) is 12.2. The molecular formula is C17H21NO2. The van der Waals surface area contributed by atoms with Crippen LogP contribution in [-0.4, -0.2) is 18.8 Å². The number of nitrogens with one attached hydrogen (secondary N) is 1. The highest BCUT2D eigenvalue weighted by Gasteiger charge is 2.14. The highest BCUT2D eigenvalue weighted by Crippen LogP contribution is 2.28. The van der Waals surface area contributed by atoms with Gasteiger partial charge in [0.15, 0.2) is 0 Å². The first-order valence-electron chi connectivity index (χ1n) is 6.74. The van der Waals surface area contributed by atoms with Crippen LogP contribution in [0.25, 0.3) is 0 Å². The molecule has 0 saturated heterocycles. The lowest BCUT2D eigenvalue weighted by Gasteiger charge is -2.18. The number of hydrogen-bond donors (Lipinski definition) is 2. The van der Waals surface area contributed by atoms with Gasteiger partial charge in [-0.05, 0) is 49.2 Å². The van der Waals surface area contributed by atoms with E-state index in [2.05, 4.69) is 5.32 Å². The molecule has 0 bridgehead atoms. The maximum absolute atomic E-state index is 10.4. The van der Waals surface area contributed by atoms with Crippen LogP contribution in [0.5, 0.6) is 5.75 Å². The Morgan fingerprint density at radius 2 is 1.75 bits per heavy atom. The van der Waals surface area contributed by atoms with Crippen molar-refractivity contribution in [3.05, 3.63) is 59.2 Å². The molecule has 0 saturated carbocycles. The first-order valence-corrected chi connectivity index (χ1v) is 6.74. The van der Waals surface area contributed by atoms with E-state index in [-0.39, 0.29) is 0 Å². The third-order valence-electron chi connectivity index (χ3n) is 3.48. The summed E-state index contributed by atoms with van der Waals surface area (Å²) in [5, 5.41) is 13.6. The molecular weight excluding hydrogens is 250 g/mol. The number of rotatable bonds is 5. The van der Waals surface area contributed by atoms with Gasteiger partial charge in [0.1, 0.15) is 5.75 Å². The highest BCUT2D eigenvalue weighted by molar-refractivity contribution is 5.46. The van der Waals surface area contributed by atoms with Crippen LogP contribution < -0.4 is 10.1 Å². The van der Waals surface area contributed by atoms with Crippen LogP contribution in [0.1, 0.15) is 22.8 Å². The lowest BCUT2D eigenvalue weighted by atomic mass is 10.0. The Hall–Kier alpha value is -2.00. The van der Waals surface area contributed by atoms with Gasteiger partial charge in [-0.2, -0.15) is 0 Å². The third kappa shape index (κ3) is 3.31. The van der Waals surface area contributed by atoms with E-state index in [9.17, 15) is 5.11 Å². The molecule has 2 aromatic rings. The van der Waals surface area contributed by atoms with Crippen molar-refractivity contribution in [1.82, 2.24) is 0 Å². The summed E-state index contributed by atoms with van der Waals surface area (Å²) in [6.45, 7) is 4.52.